The Morgan fingerprint density at radius 2 is 1.72 bits per heavy atom. The number of rotatable bonds is 6. The monoisotopic (exact) mass is 336 g/mol. The molecular weight excluding hydrogens is 308 g/mol. The van der Waals surface area contributed by atoms with Gasteiger partial charge in [0.2, 0.25) is 0 Å². The van der Waals surface area contributed by atoms with Gasteiger partial charge in [0.15, 0.2) is 0 Å². The molecule has 2 unspecified atom stereocenters. The molecule has 2 aromatic carbocycles. The fourth-order valence-corrected chi connectivity index (χ4v) is 3.80. The van der Waals surface area contributed by atoms with Crippen LogP contribution >= 0.6 is 0 Å². The summed E-state index contributed by atoms with van der Waals surface area (Å²) in [6, 6.07) is 18.9. The molecule has 1 aliphatic rings. The molecule has 3 rings (SSSR count). The zero-order chi connectivity index (χ0) is 17.5. The van der Waals surface area contributed by atoms with E-state index in [4.69, 9.17) is 0 Å². The molecule has 0 saturated heterocycles. The molecule has 1 saturated carbocycles. The van der Waals surface area contributed by atoms with Crippen LogP contribution in [0.25, 0.3) is 0 Å². The smallest absolute Gasteiger partial charge is 0.315 e. The quantitative estimate of drug-likeness (QED) is 0.804. The van der Waals surface area contributed by atoms with Crippen molar-refractivity contribution in [3.05, 3.63) is 71.3 Å². The van der Waals surface area contributed by atoms with Gasteiger partial charge in [-0.3, -0.25) is 0 Å². The van der Waals surface area contributed by atoms with Gasteiger partial charge in [-0.25, -0.2) is 4.79 Å². The predicted molar refractivity (Wildman–Crippen MR) is 102 cm³/mol. The van der Waals surface area contributed by atoms with Crippen molar-refractivity contribution in [3.63, 3.8) is 0 Å². The van der Waals surface area contributed by atoms with Gasteiger partial charge < -0.3 is 10.6 Å². The van der Waals surface area contributed by atoms with Crippen LogP contribution in [0.4, 0.5) is 4.79 Å². The highest BCUT2D eigenvalue weighted by Gasteiger charge is 2.24. The van der Waals surface area contributed by atoms with E-state index < -0.39 is 0 Å². The Bertz CT molecular complexity index is 683. The Morgan fingerprint density at radius 3 is 2.52 bits per heavy atom. The van der Waals surface area contributed by atoms with Crippen molar-refractivity contribution >= 4 is 6.03 Å². The van der Waals surface area contributed by atoms with E-state index in [1.54, 1.807) is 0 Å². The molecule has 2 atom stereocenters. The summed E-state index contributed by atoms with van der Waals surface area (Å²) >= 11 is 0. The third kappa shape index (κ3) is 5.63. The van der Waals surface area contributed by atoms with Gasteiger partial charge in [-0.05, 0) is 55.6 Å². The number of aryl methyl sites for hydroxylation is 1. The van der Waals surface area contributed by atoms with Crippen molar-refractivity contribution in [1.29, 1.82) is 0 Å². The topological polar surface area (TPSA) is 41.1 Å². The lowest BCUT2D eigenvalue weighted by Gasteiger charge is -2.13. The molecule has 1 fully saturated rings. The van der Waals surface area contributed by atoms with E-state index in [-0.39, 0.29) is 6.03 Å². The van der Waals surface area contributed by atoms with Gasteiger partial charge >= 0.3 is 6.03 Å². The van der Waals surface area contributed by atoms with Crippen molar-refractivity contribution in [2.24, 2.45) is 11.8 Å². The van der Waals surface area contributed by atoms with E-state index in [9.17, 15) is 4.79 Å². The minimum absolute atomic E-state index is 0.0620. The van der Waals surface area contributed by atoms with E-state index in [1.807, 2.05) is 12.1 Å². The number of carbonyl (C=O) groups excluding carboxylic acids is 1. The molecule has 0 aliphatic heterocycles. The van der Waals surface area contributed by atoms with Gasteiger partial charge in [-0.2, -0.15) is 0 Å². The molecule has 2 N–H and O–H groups in total. The van der Waals surface area contributed by atoms with Gasteiger partial charge in [0.05, 0.1) is 0 Å². The lowest BCUT2D eigenvalue weighted by molar-refractivity contribution is 0.238. The van der Waals surface area contributed by atoms with Crippen LogP contribution in [0.1, 0.15) is 36.0 Å². The number of hydrogen-bond donors (Lipinski definition) is 2. The highest BCUT2D eigenvalue weighted by molar-refractivity contribution is 5.73. The first kappa shape index (κ1) is 17.5. The molecule has 0 aromatic heterocycles. The fraction of sp³-hybridized carbons (Fsp3) is 0.409. The maximum Gasteiger partial charge on any atom is 0.315 e. The van der Waals surface area contributed by atoms with Gasteiger partial charge in [-0.1, -0.05) is 60.2 Å². The van der Waals surface area contributed by atoms with E-state index in [2.05, 4.69) is 60.0 Å². The lowest BCUT2D eigenvalue weighted by Crippen LogP contribution is -2.37. The molecular formula is C22H28N2O. The maximum atomic E-state index is 12.0. The number of hydrogen-bond acceptors (Lipinski definition) is 1. The first-order chi connectivity index (χ1) is 12.2. The van der Waals surface area contributed by atoms with Gasteiger partial charge in [0, 0.05) is 13.1 Å². The minimum atomic E-state index is -0.0620. The summed E-state index contributed by atoms with van der Waals surface area (Å²) in [4.78, 5) is 12.0. The summed E-state index contributed by atoms with van der Waals surface area (Å²) in [7, 11) is 0. The number of urea groups is 1. The molecule has 0 heterocycles. The Kier molecular flexibility index (Phi) is 6.10. The summed E-state index contributed by atoms with van der Waals surface area (Å²) < 4.78 is 0. The summed E-state index contributed by atoms with van der Waals surface area (Å²) in [5.74, 6) is 1.36. The third-order valence-electron chi connectivity index (χ3n) is 5.10. The predicted octanol–water partition coefficient (Wildman–Crippen LogP) is 4.45. The maximum absolute atomic E-state index is 12.0. The largest absolute Gasteiger partial charge is 0.338 e. The molecule has 132 valence electrons. The van der Waals surface area contributed by atoms with Crippen LogP contribution in [-0.4, -0.2) is 12.6 Å². The zero-order valence-electron chi connectivity index (χ0n) is 15.0. The SMILES string of the molecule is Cc1cccc(CNC(=O)NCC2CCC(Cc3ccccc3)C2)c1. The van der Waals surface area contributed by atoms with Gasteiger partial charge in [0.25, 0.3) is 0 Å². The molecule has 25 heavy (non-hydrogen) atoms. The van der Waals surface area contributed by atoms with Crippen LogP contribution in [0.3, 0.4) is 0 Å². The lowest BCUT2D eigenvalue weighted by atomic mass is 9.97. The Hall–Kier alpha value is -2.29. The minimum Gasteiger partial charge on any atom is -0.338 e. The number of amides is 2. The fourth-order valence-electron chi connectivity index (χ4n) is 3.80. The molecule has 3 heteroatoms. The van der Waals surface area contributed by atoms with Crippen LogP contribution in [0.5, 0.6) is 0 Å². The van der Waals surface area contributed by atoms with Crippen molar-refractivity contribution in [2.75, 3.05) is 6.54 Å². The number of carbonyl (C=O) groups is 1. The Balaban J connectivity index is 1.35. The van der Waals surface area contributed by atoms with Crippen LogP contribution in [0.2, 0.25) is 0 Å². The van der Waals surface area contributed by atoms with Crippen molar-refractivity contribution < 1.29 is 4.79 Å². The van der Waals surface area contributed by atoms with Crippen LogP contribution in [0, 0.1) is 18.8 Å². The molecule has 0 bridgehead atoms. The molecule has 2 aromatic rings. The summed E-state index contributed by atoms with van der Waals surface area (Å²) in [5.41, 5.74) is 3.78. The zero-order valence-corrected chi connectivity index (χ0v) is 15.0. The van der Waals surface area contributed by atoms with Gasteiger partial charge in [-0.15, -0.1) is 0 Å². The standard InChI is InChI=1S/C22H28N2O/c1-17-6-5-9-20(12-17)15-23-22(25)24-16-21-11-10-19(14-21)13-18-7-3-2-4-8-18/h2-9,12,19,21H,10-11,13-16H2,1H3,(H2,23,24,25). The van der Waals surface area contributed by atoms with Crippen LogP contribution in [-0.2, 0) is 13.0 Å². The molecule has 0 spiro atoms. The van der Waals surface area contributed by atoms with Crippen LogP contribution in [0.15, 0.2) is 54.6 Å². The highest BCUT2D eigenvalue weighted by Crippen LogP contribution is 2.32. The first-order valence-corrected chi connectivity index (χ1v) is 9.30. The van der Waals surface area contributed by atoms with Crippen molar-refractivity contribution in [3.8, 4) is 0 Å². The average Bonchev–Trinajstić information content (AvgIpc) is 3.06. The van der Waals surface area contributed by atoms with Crippen LogP contribution < -0.4 is 10.6 Å². The molecule has 3 nitrogen and oxygen atoms in total. The van der Waals surface area contributed by atoms with Crippen molar-refractivity contribution in [2.45, 2.75) is 39.2 Å². The summed E-state index contributed by atoms with van der Waals surface area (Å²) in [6.45, 7) is 3.43. The van der Waals surface area contributed by atoms with E-state index in [0.29, 0.717) is 12.5 Å². The third-order valence-corrected chi connectivity index (χ3v) is 5.10. The molecule has 0 radical (unpaired) electrons. The molecule has 1 aliphatic carbocycles. The van der Waals surface area contributed by atoms with E-state index >= 15 is 0 Å². The Morgan fingerprint density at radius 1 is 0.960 bits per heavy atom. The summed E-state index contributed by atoms with van der Waals surface area (Å²) in [5, 5.41) is 5.99. The van der Waals surface area contributed by atoms with E-state index in [0.717, 1.165) is 24.4 Å². The highest BCUT2D eigenvalue weighted by atomic mass is 16.2. The van der Waals surface area contributed by atoms with Gasteiger partial charge in [0.1, 0.15) is 0 Å². The Labute approximate surface area is 150 Å². The molecule has 2 amide bonds. The van der Waals surface area contributed by atoms with E-state index in [1.165, 1.54) is 30.4 Å². The second-order valence-electron chi connectivity index (χ2n) is 7.29. The normalized spacial score (nSPS) is 19.6. The second-order valence-corrected chi connectivity index (χ2v) is 7.29. The summed E-state index contributed by atoms with van der Waals surface area (Å²) in [6.07, 6.45) is 4.87. The second kappa shape index (κ2) is 8.70. The van der Waals surface area contributed by atoms with Crippen molar-refractivity contribution in [1.82, 2.24) is 10.6 Å². The number of nitrogens with one attached hydrogen (secondary N) is 2. The number of benzene rings is 2. The average molecular weight is 336 g/mol. The first-order valence-electron chi connectivity index (χ1n) is 9.30.